The summed E-state index contributed by atoms with van der Waals surface area (Å²) in [5.41, 5.74) is 6.05. The normalized spacial score (nSPS) is 10.7. The van der Waals surface area contributed by atoms with Crippen LogP contribution in [0, 0.1) is 0 Å². The lowest BCUT2D eigenvalue weighted by molar-refractivity contribution is -0.116. The van der Waals surface area contributed by atoms with E-state index >= 15 is 0 Å². The Balaban J connectivity index is 1.79. The van der Waals surface area contributed by atoms with Gasteiger partial charge < -0.3 is 15.5 Å². The Morgan fingerprint density at radius 2 is 2.14 bits per heavy atom. The Kier molecular flexibility index (Phi) is 3.47. The van der Waals surface area contributed by atoms with Crippen molar-refractivity contribution in [1.82, 2.24) is 9.55 Å². The maximum Gasteiger partial charge on any atom is 0.420 e. The van der Waals surface area contributed by atoms with E-state index < -0.39 is 17.6 Å². The zero-order valence-corrected chi connectivity index (χ0v) is 11.9. The predicted octanol–water partition coefficient (Wildman–Crippen LogP) is 0.789. The highest BCUT2D eigenvalue weighted by Gasteiger charge is 2.14. The smallest absolute Gasteiger partial charge is 0.408 e. The molecule has 8 nitrogen and oxygen atoms in total. The van der Waals surface area contributed by atoms with Crippen LogP contribution in [0.5, 0.6) is 0 Å². The molecule has 0 atom stereocenters. The second-order valence-electron chi connectivity index (χ2n) is 4.36. The number of benzene rings is 1. The van der Waals surface area contributed by atoms with Crippen molar-refractivity contribution in [2.24, 2.45) is 5.73 Å². The van der Waals surface area contributed by atoms with Crippen molar-refractivity contribution in [2.45, 2.75) is 6.54 Å². The summed E-state index contributed by atoms with van der Waals surface area (Å²) in [6.07, 6.45) is 1.28. The van der Waals surface area contributed by atoms with Crippen LogP contribution in [0.2, 0.25) is 0 Å². The number of carbonyl (C=O) groups excluding carboxylic acids is 2. The van der Waals surface area contributed by atoms with Crippen molar-refractivity contribution in [3.05, 3.63) is 45.9 Å². The largest absolute Gasteiger partial charge is 0.420 e. The van der Waals surface area contributed by atoms with Crippen LogP contribution in [0.1, 0.15) is 9.67 Å². The zero-order valence-electron chi connectivity index (χ0n) is 11.1. The molecule has 0 saturated carbocycles. The number of aromatic nitrogens is 2. The summed E-state index contributed by atoms with van der Waals surface area (Å²) in [4.78, 5) is 38.8. The molecule has 2 heterocycles. The molecule has 0 aliphatic rings. The number of hydrogen-bond donors (Lipinski definition) is 2. The Bertz CT molecular complexity index is 923. The molecule has 22 heavy (non-hydrogen) atoms. The van der Waals surface area contributed by atoms with Gasteiger partial charge in [0.05, 0.1) is 11.7 Å². The maximum absolute atomic E-state index is 12.0. The minimum atomic E-state index is -0.617. The summed E-state index contributed by atoms with van der Waals surface area (Å²) >= 11 is 0.961. The molecular weight excluding hydrogens is 308 g/mol. The Morgan fingerprint density at radius 1 is 1.36 bits per heavy atom. The quantitative estimate of drug-likeness (QED) is 0.736. The van der Waals surface area contributed by atoms with Crippen LogP contribution < -0.4 is 16.8 Å². The van der Waals surface area contributed by atoms with Crippen LogP contribution in [-0.4, -0.2) is 21.4 Å². The Labute approximate surface area is 127 Å². The van der Waals surface area contributed by atoms with Gasteiger partial charge in [-0.25, -0.2) is 9.78 Å². The number of thiazole rings is 1. The monoisotopic (exact) mass is 318 g/mol. The molecule has 0 fully saturated rings. The van der Waals surface area contributed by atoms with Gasteiger partial charge in [0.2, 0.25) is 5.91 Å². The molecule has 1 aromatic carbocycles. The molecule has 2 amide bonds. The summed E-state index contributed by atoms with van der Waals surface area (Å²) in [6.45, 7) is -0.221. The van der Waals surface area contributed by atoms with Crippen molar-refractivity contribution in [1.29, 1.82) is 0 Å². The molecule has 3 rings (SSSR count). The SMILES string of the molecule is NC(=O)c1cnc(NC(=O)Cn2c(=O)oc3ccccc32)s1. The molecule has 2 aromatic heterocycles. The molecule has 0 radical (unpaired) electrons. The molecule has 0 aliphatic heterocycles. The van der Waals surface area contributed by atoms with E-state index in [0.717, 1.165) is 11.3 Å². The van der Waals surface area contributed by atoms with E-state index in [-0.39, 0.29) is 16.6 Å². The summed E-state index contributed by atoms with van der Waals surface area (Å²) in [7, 11) is 0. The van der Waals surface area contributed by atoms with Crippen LogP contribution in [0.4, 0.5) is 5.13 Å². The molecule has 3 aromatic rings. The minimum absolute atomic E-state index is 0.221. The zero-order chi connectivity index (χ0) is 15.7. The number of oxazole rings is 1. The fourth-order valence-electron chi connectivity index (χ4n) is 1.91. The van der Waals surface area contributed by atoms with E-state index in [1.165, 1.54) is 10.8 Å². The summed E-state index contributed by atoms with van der Waals surface area (Å²) in [5.74, 6) is -1.69. The maximum atomic E-state index is 12.0. The van der Waals surface area contributed by atoms with Gasteiger partial charge in [-0.3, -0.25) is 14.2 Å². The number of primary amides is 1. The number of nitrogens with two attached hydrogens (primary N) is 1. The van der Waals surface area contributed by atoms with Gasteiger partial charge in [-0.05, 0) is 12.1 Å². The first-order chi connectivity index (χ1) is 10.5. The molecule has 3 N–H and O–H groups in total. The molecule has 0 aliphatic carbocycles. The highest BCUT2D eigenvalue weighted by atomic mass is 32.1. The first-order valence-corrected chi connectivity index (χ1v) is 7.00. The van der Waals surface area contributed by atoms with Gasteiger partial charge in [0.1, 0.15) is 11.4 Å². The lowest BCUT2D eigenvalue weighted by atomic mass is 10.3. The van der Waals surface area contributed by atoms with Gasteiger partial charge >= 0.3 is 5.76 Å². The van der Waals surface area contributed by atoms with Crippen LogP contribution >= 0.6 is 11.3 Å². The average molecular weight is 318 g/mol. The van der Waals surface area contributed by atoms with Gasteiger partial charge in [0.15, 0.2) is 10.7 Å². The van der Waals surface area contributed by atoms with Crippen molar-refractivity contribution < 1.29 is 14.0 Å². The number of amides is 2. The first-order valence-electron chi connectivity index (χ1n) is 6.18. The first kappa shape index (κ1) is 14.0. The molecule has 9 heteroatoms. The van der Waals surface area contributed by atoms with Gasteiger partial charge in [0, 0.05) is 0 Å². The fraction of sp³-hybridized carbons (Fsp3) is 0.0769. The number of para-hydroxylation sites is 2. The second-order valence-corrected chi connectivity index (χ2v) is 5.39. The Morgan fingerprint density at radius 3 is 2.86 bits per heavy atom. The van der Waals surface area contributed by atoms with Gasteiger partial charge in [-0.2, -0.15) is 0 Å². The molecule has 0 unspecified atom stereocenters. The third kappa shape index (κ3) is 2.61. The fourth-order valence-corrected chi connectivity index (χ4v) is 2.60. The number of nitrogens with zero attached hydrogens (tertiary/aromatic N) is 2. The van der Waals surface area contributed by atoms with Gasteiger partial charge in [-0.15, -0.1) is 0 Å². The summed E-state index contributed by atoms with van der Waals surface area (Å²) in [6, 6.07) is 6.80. The standard InChI is InChI=1S/C13H10N4O4S/c14-11(19)9-5-15-12(22-9)16-10(18)6-17-7-3-1-2-4-8(7)21-13(17)20/h1-5H,6H2,(H2,14,19)(H,15,16,18). The third-order valence-electron chi connectivity index (χ3n) is 2.87. The molecule has 0 bridgehead atoms. The van der Waals surface area contributed by atoms with E-state index in [1.54, 1.807) is 24.3 Å². The predicted molar refractivity (Wildman–Crippen MR) is 79.7 cm³/mol. The Hall–Kier alpha value is -2.94. The lowest BCUT2D eigenvalue weighted by Gasteiger charge is -2.02. The number of anilines is 1. The van der Waals surface area contributed by atoms with Gasteiger partial charge in [-0.1, -0.05) is 23.5 Å². The van der Waals surface area contributed by atoms with E-state index in [1.807, 2.05) is 0 Å². The number of nitrogens with one attached hydrogen (secondary N) is 1. The van der Waals surface area contributed by atoms with Crippen LogP contribution in [0.3, 0.4) is 0 Å². The van der Waals surface area contributed by atoms with Crippen LogP contribution in [-0.2, 0) is 11.3 Å². The van der Waals surface area contributed by atoms with Crippen LogP contribution in [0.15, 0.2) is 39.7 Å². The third-order valence-corrected chi connectivity index (χ3v) is 3.80. The van der Waals surface area contributed by atoms with E-state index in [0.29, 0.717) is 11.1 Å². The topological polar surface area (TPSA) is 120 Å². The lowest BCUT2D eigenvalue weighted by Crippen LogP contribution is -2.24. The number of fused-ring (bicyclic) bond motifs is 1. The minimum Gasteiger partial charge on any atom is -0.408 e. The van der Waals surface area contributed by atoms with E-state index in [2.05, 4.69) is 10.3 Å². The number of rotatable bonds is 4. The number of carbonyl (C=O) groups is 2. The number of hydrogen-bond acceptors (Lipinski definition) is 6. The van der Waals surface area contributed by atoms with Crippen molar-refractivity contribution in [2.75, 3.05) is 5.32 Å². The van der Waals surface area contributed by atoms with Gasteiger partial charge in [0.25, 0.3) is 5.91 Å². The average Bonchev–Trinajstić information content (AvgIpc) is 3.05. The highest BCUT2D eigenvalue weighted by molar-refractivity contribution is 7.17. The molecule has 112 valence electrons. The summed E-state index contributed by atoms with van der Waals surface area (Å²) in [5, 5.41) is 2.74. The van der Waals surface area contributed by atoms with Crippen molar-refractivity contribution >= 4 is 39.4 Å². The van der Waals surface area contributed by atoms with Crippen LogP contribution in [0.25, 0.3) is 11.1 Å². The summed E-state index contributed by atoms with van der Waals surface area (Å²) < 4.78 is 6.25. The molecular formula is C13H10N4O4S. The van der Waals surface area contributed by atoms with Crippen molar-refractivity contribution in [3.8, 4) is 0 Å². The van der Waals surface area contributed by atoms with E-state index in [9.17, 15) is 14.4 Å². The highest BCUT2D eigenvalue weighted by Crippen LogP contribution is 2.17. The van der Waals surface area contributed by atoms with E-state index in [4.69, 9.17) is 10.2 Å². The molecule has 0 saturated heterocycles. The van der Waals surface area contributed by atoms with Crippen molar-refractivity contribution in [3.63, 3.8) is 0 Å². The molecule has 0 spiro atoms. The second kappa shape index (κ2) is 5.45.